The molecular weight excluding hydrogens is 354 g/mol. The van der Waals surface area contributed by atoms with Crippen molar-refractivity contribution in [2.24, 2.45) is 5.92 Å². The van der Waals surface area contributed by atoms with E-state index >= 15 is 0 Å². The first-order chi connectivity index (χ1) is 9.79. The van der Waals surface area contributed by atoms with Crippen molar-refractivity contribution < 1.29 is 22.4 Å². The van der Waals surface area contributed by atoms with Crippen LogP contribution >= 0.6 is 15.9 Å². The Kier molecular flexibility index (Phi) is 4.91. The molecule has 0 aromatic heterocycles. The maximum atomic E-state index is 13.4. The molecule has 21 heavy (non-hydrogen) atoms. The van der Waals surface area contributed by atoms with Gasteiger partial charge in [0.1, 0.15) is 5.82 Å². The van der Waals surface area contributed by atoms with Crippen molar-refractivity contribution in [3.63, 3.8) is 0 Å². The van der Waals surface area contributed by atoms with Gasteiger partial charge in [0.25, 0.3) is 5.91 Å². The number of halogens is 5. The first kappa shape index (κ1) is 16.3. The molecule has 0 saturated heterocycles. The van der Waals surface area contributed by atoms with Gasteiger partial charge in [-0.05, 0) is 47.3 Å². The summed E-state index contributed by atoms with van der Waals surface area (Å²) in [6, 6.07) is 3.47. The number of carbonyl (C=O) groups excluding carboxylic acids is 1. The summed E-state index contributed by atoms with van der Waals surface area (Å²) in [6.45, 7) is 0. The summed E-state index contributed by atoms with van der Waals surface area (Å²) < 4.78 is 51.5. The molecule has 0 aliphatic heterocycles. The molecule has 2 unspecified atom stereocenters. The van der Waals surface area contributed by atoms with Crippen LogP contribution in [0.15, 0.2) is 22.7 Å². The summed E-state index contributed by atoms with van der Waals surface area (Å²) in [6.07, 6.45) is -3.34. The van der Waals surface area contributed by atoms with E-state index in [1.807, 2.05) is 0 Å². The van der Waals surface area contributed by atoms with Crippen molar-refractivity contribution in [2.45, 2.75) is 37.9 Å². The fraction of sp³-hybridized carbons (Fsp3) is 0.500. The van der Waals surface area contributed by atoms with E-state index in [2.05, 4.69) is 21.2 Å². The molecule has 2 atom stereocenters. The average molecular weight is 368 g/mol. The standard InChI is InChI=1S/C14H14BrF4NO/c15-12-10(5-2-6-11(12)16)13(21)20-9-4-1-3-8(7-9)14(17,18)19/h2,5-6,8-9H,1,3-4,7H2,(H,20,21). The Bertz CT molecular complexity index is 532. The Morgan fingerprint density at radius 2 is 2.00 bits per heavy atom. The second-order valence-corrected chi connectivity index (χ2v) is 5.97. The van der Waals surface area contributed by atoms with Crippen molar-refractivity contribution in [3.05, 3.63) is 34.1 Å². The lowest BCUT2D eigenvalue weighted by Crippen LogP contribution is -2.41. The third kappa shape index (κ3) is 3.96. The van der Waals surface area contributed by atoms with E-state index in [0.29, 0.717) is 12.8 Å². The molecular formula is C14H14BrF4NO. The zero-order valence-electron chi connectivity index (χ0n) is 11.0. The number of amides is 1. The minimum Gasteiger partial charge on any atom is -0.349 e. The van der Waals surface area contributed by atoms with Crippen LogP contribution in [0.25, 0.3) is 0 Å². The maximum absolute atomic E-state index is 13.4. The van der Waals surface area contributed by atoms with Crippen LogP contribution in [0.1, 0.15) is 36.0 Å². The highest BCUT2D eigenvalue weighted by atomic mass is 79.9. The van der Waals surface area contributed by atoms with Gasteiger partial charge in [-0.1, -0.05) is 12.5 Å². The monoisotopic (exact) mass is 367 g/mol. The molecule has 0 spiro atoms. The van der Waals surface area contributed by atoms with Gasteiger partial charge in [-0.15, -0.1) is 0 Å². The number of nitrogens with one attached hydrogen (secondary N) is 1. The molecule has 2 rings (SSSR count). The first-order valence-corrected chi connectivity index (χ1v) is 7.40. The van der Waals surface area contributed by atoms with Crippen LogP contribution in [0.5, 0.6) is 0 Å². The van der Waals surface area contributed by atoms with Gasteiger partial charge in [0, 0.05) is 6.04 Å². The molecule has 1 N–H and O–H groups in total. The molecule has 1 saturated carbocycles. The number of carbonyl (C=O) groups is 1. The topological polar surface area (TPSA) is 29.1 Å². The van der Waals surface area contributed by atoms with Crippen molar-refractivity contribution in [1.82, 2.24) is 5.32 Å². The highest BCUT2D eigenvalue weighted by molar-refractivity contribution is 9.10. The van der Waals surface area contributed by atoms with Crippen LogP contribution in [-0.2, 0) is 0 Å². The molecule has 1 amide bonds. The number of benzene rings is 1. The van der Waals surface area contributed by atoms with E-state index in [-0.39, 0.29) is 22.9 Å². The number of alkyl halides is 3. The summed E-state index contributed by atoms with van der Waals surface area (Å²) >= 11 is 2.97. The van der Waals surface area contributed by atoms with Gasteiger partial charge >= 0.3 is 6.18 Å². The fourth-order valence-electron chi connectivity index (χ4n) is 2.56. The Morgan fingerprint density at radius 1 is 1.29 bits per heavy atom. The third-order valence-electron chi connectivity index (χ3n) is 3.67. The van der Waals surface area contributed by atoms with E-state index in [1.54, 1.807) is 0 Å². The predicted octanol–water partition coefficient (Wildman–Crippen LogP) is 4.44. The molecule has 0 radical (unpaired) electrons. The maximum Gasteiger partial charge on any atom is 0.391 e. The van der Waals surface area contributed by atoms with Gasteiger partial charge in [0.2, 0.25) is 0 Å². The number of hydrogen-bond donors (Lipinski definition) is 1. The normalized spacial score (nSPS) is 22.9. The zero-order valence-corrected chi connectivity index (χ0v) is 12.6. The van der Waals surface area contributed by atoms with Crippen LogP contribution in [0.3, 0.4) is 0 Å². The second kappa shape index (κ2) is 6.34. The summed E-state index contributed by atoms with van der Waals surface area (Å²) in [5.74, 6) is -2.53. The zero-order chi connectivity index (χ0) is 15.6. The molecule has 1 fully saturated rings. The molecule has 0 bridgehead atoms. The van der Waals surface area contributed by atoms with Crippen molar-refractivity contribution in [2.75, 3.05) is 0 Å². The Hall–Kier alpha value is -1.11. The lowest BCUT2D eigenvalue weighted by atomic mass is 9.85. The summed E-state index contributed by atoms with van der Waals surface area (Å²) in [5, 5.41) is 2.57. The predicted molar refractivity (Wildman–Crippen MR) is 73.4 cm³/mol. The molecule has 1 aliphatic carbocycles. The fourth-order valence-corrected chi connectivity index (χ4v) is 3.00. The van der Waals surface area contributed by atoms with Gasteiger partial charge in [0.05, 0.1) is 16.0 Å². The third-order valence-corrected chi connectivity index (χ3v) is 4.47. The van der Waals surface area contributed by atoms with E-state index < -0.39 is 29.9 Å². The molecule has 1 aromatic rings. The van der Waals surface area contributed by atoms with Crippen LogP contribution in [0, 0.1) is 11.7 Å². The lowest BCUT2D eigenvalue weighted by Gasteiger charge is -2.31. The van der Waals surface area contributed by atoms with E-state index in [1.165, 1.54) is 18.2 Å². The average Bonchev–Trinajstić information content (AvgIpc) is 2.41. The molecule has 1 aromatic carbocycles. The van der Waals surface area contributed by atoms with Crippen molar-refractivity contribution >= 4 is 21.8 Å². The Morgan fingerprint density at radius 3 is 2.67 bits per heavy atom. The van der Waals surface area contributed by atoms with E-state index in [9.17, 15) is 22.4 Å². The summed E-state index contributed by atoms with van der Waals surface area (Å²) in [5.41, 5.74) is 0.0872. The smallest absolute Gasteiger partial charge is 0.349 e. The van der Waals surface area contributed by atoms with Gasteiger partial charge < -0.3 is 5.32 Å². The molecule has 2 nitrogen and oxygen atoms in total. The van der Waals surface area contributed by atoms with Gasteiger partial charge in [-0.2, -0.15) is 13.2 Å². The molecule has 1 aliphatic rings. The van der Waals surface area contributed by atoms with Crippen LogP contribution < -0.4 is 5.32 Å². The Balaban J connectivity index is 2.04. The quantitative estimate of drug-likeness (QED) is 0.769. The van der Waals surface area contributed by atoms with Crippen molar-refractivity contribution in [1.29, 1.82) is 0 Å². The van der Waals surface area contributed by atoms with Crippen molar-refractivity contribution in [3.8, 4) is 0 Å². The second-order valence-electron chi connectivity index (χ2n) is 5.18. The SMILES string of the molecule is O=C(NC1CCCC(C(F)(F)F)C1)c1cccc(F)c1Br. The summed E-state index contributed by atoms with van der Waals surface area (Å²) in [4.78, 5) is 12.1. The van der Waals surface area contributed by atoms with Crippen LogP contribution in [-0.4, -0.2) is 18.1 Å². The first-order valence-electron chi connectivity index (χ1n) is 6.60. The number of rotatable bonds is 2. The van der Waals surface area contributed by atoms with Gasteiger partial charge in [0.15, 0.2) is 0 Å². The highest BCUT2D eigenvalue weighted by Crippen LogP contribution is 2.37. The molecule has 0 heterocycles. The largest absolute Gasteiger partial charge is 0.391 e. The van der Waals surface area contributed by atoms with Gasteiger partial charge in [-0.3, -0.25) is 4.79 Å². The van der Waals surface area contributed by atoms with Crippen LogP contribution in [0.4, 0.5) is 17.6 Å². The highest BCUT2D eigenvalue weighted by Gasteiger charge is 2.42. The lowest BCUT2D eigenvalue weighted by molar-refractivity contribution is -0.183. The Labute approximate surface area is 128 Å². The van der Waals surface area contributed by atoms with Gasteiger partial charge in [-0.25, -0.2) is 4.39 Å². The van der Waals surface area contributed by atoms with E-state index in [0.717, 1.165) is 0 Å². The molecule has 7 heteroatoms. The number of hydrogen-bond acceptors (Lipinski definition) is 1. The summed E-state index contributed by atoms with van der Waals surface area (Å²) in [7, 11) is 0. The van der Waals surface area contributed by atoms with E-state index in [4.69, 9.17) is 0 Å². The van der Waals surface area contributed by atoms with Crippen LogP contribution in [0.2, 0.25) is 0 Å². The minimum absolute atomic E-state index is 0.0191. The molecule has 116 valence electrons. The minimum atomic E-state index is -4.23.